The standard InChI is InChI=1S/C9H12ClNOS/c10-7-2-4-13-9(7)8-6(5-11)1-3-12-8/h2,4,6,8H,1,3,5,11H2. The van der Waals surface area contributed by atoms with Gasteiger partial charge in [0, 0.05) is 12.5 Å². The maximum Gasteiger partial charge on any atom is 0.0972 e. The fourth-order valence-electron chi connectivity index (χ4n) is 1.67. The minimum atomic E-state index is 0.137. The Balaban J connectivity index is 2.20. The lowest BCUT2D eigenvalue weighted by atomic mass is 10.0. The van der Waals surface area contributed by atoms with Crippen LogP contribution in [0.5, 0.6) is 0 Å². The molecule has 0 amide bonds. The predicted octanol–water partition coefficient (Wildman–Crippen LogP) is 2.44. The van der Waals surface area contributed by atoms with Crippen LogP contribution in [0.1, 0.15) is 17.4 Å². The van der Waals surface area contributed by atoms with Crippen LogP contribution in [0.4, 0.5) is 0 Å². The molecule has 2 atom stereocenters. The Morgan fingerprint density at radius 2 is 2.54 bits per heavy atom. The summed E-state index contributed by atoms with van der Waals surface area (Å²) < 4.78 is 5.63. The zero-order valence-electron chi connectivity index (χ0n) is 7.20. The Labute approximate surface area is 86.6 Å². The van der Waals surface area contributed by atoms with Crippen LogP contribution in [-0.2, 0) is 4.74 Å². The predicted molar refractivity (Wildman–Crippen MR) is 55.2 cm³/mol. The van der Waals surface area contributed by atoms with Crippen LogP contribution in [0.2, 0.25) is 5.02 Å². The summed E-state index contributed by atoms with van der Waals surface area (Å²) in [6.07, 6.45) is 1.19. The van der Waals surface area contributed by atoms with Gasteiger partial charge in [-0.1, -0.05) is 11.6 Å². The minimum Gasteiger partial charge on any atom is -0.372 e. The third-order valence-electron chi connectivity index (χ3n) is 2.42. The highest BCUT2D eigenvalue weighted by molar-refractivity contribution is 7.10. The number of halogens is 1. The highest BCUT2D eigenvalue weighted by Crippen LogP contribution is 2.40. The van der Waals surface area contributed by atoms with Gasteiger partial charge in [-0.2, -0.15) is 0 Å². The van der Waals surface area contributed by atoms with Crippen molar-refractivity contribution < 1.29 is 4.74 Å². The highest BCUT2D eigenvalue weighted by Gasteiger charge is 2.30. The van der Waals surface area contributed by atoms with Crippen LogP contribution in [0.15, 0.2) is 11.4 Å². The number of nitrogens with two attached hydrogens (primary N) is 1. The van der Waals surface area contributed by atoms with Gasteiger partial charge in [-0.05, 0) is 24.4 Å². The van der Waals surface area contributed by atoms with Crippen LogP contribution in [0, 0.1) is 5.92 Å². The summed E-state index contributed by atoms with van der Waals surface area (Å²) in [5.74, 6) is 0.441. The molecule has 0 aliphatic carbocycles. The maximum atomic E-state index is 6.03. The third-order valence-corrected chi connectivity index (χ3v) is 3.84. The van der Waals surface area contributed by atoms with E-state index in [2.05, 4.69) is 0 Å². The molecular formula is C9H12ClNOS. The lowest BCUT2D eigenvalue weighted by molar-refractivity contribution is 0.0954. The van der Waals surface area contributed by atoms with Gasteiger partial charge in [-0.25, -0.2) is 0 Å². The Bertz CT molecular complexity index is 289. The van der Waals surface area contributed by atoms with Crippen LogP contribution in [0.25, 0.3) is 0 Å². The second kappa shape index (κ2) is 3.96. The van der Waals surface area contributed by atoms with E-state index in [0.717, 1.165) is 22.9 Å². The summed E-state index contributed by atoms with van der Waals surface area (Å²) in [7, 11) is 0. The molecule has 0 aromatic carbocycles. The van der Waals surface area contributed by atoms with Gasteiger partial charge < -0.3 is 10.5 Å². The molecule has 0 spiro atoms. The summed E-state index contributed by atoms with van der Waals surface area (Å²) in [5.41, 5.74) is 5.66. The molecule has 13 heavy (non-hydrogen) atoms. The average molecular weight is 218 g/mol. The van der Waals surface area contributed by atoms with E-state index in [4.69, 9.17) is 22.1 Å². The second-order valence-electron chi connectivity index (χ2n) is 3.21. The number of ether oxygens (including phenoxy) is 1. The van der Waals surface area contributed by atoms with Crippen molar-refractivity contribution in [2.24, 2.45) is 11.7 Å². The molecule has 1 aromatic heterocycles. The topological polar surface area (TPSA) is 35.2 Å². The zero-order valence-corrected chi connectivity index (χ0v) is 8.77. The van der Waals surface area contributed by atoms with Crippen molar-refractivity contribution in [3.05, 3.63) is 21.3 Å². The second-order valence-corrected chi connectivity index (χ2v) is 4.56. The molecule has 1 saturated heterocycles. The molecule has 2 nitrogen and oxygen atoms in total. The fraction of sp³-hybridized carbons (Fsp3) is 0.556. The van der Waals surface area contributed by atoms with E-state index in [1.165, 1.54) is 0 Å². The van der Waals surface area contributed by atoms with E-state index in [1.54, 1.807) is 11.3 Å². The van der Waals surface area contributed by atoms with Gasteiger partial charge in [0.15, 0.2) is 0 Å². The lowest BCUT2D eigenvalue weighted by Gasteiger charge is -2.15. The molecule has 2 unspecified atom stereocenters. The summed E-state index contributed by atoms with van der Waals surface area (Å²) in [5, 5.41) is 2.81. The molecule has 1 aliphatic rings. The highest BCUT2D eigenvalue weighted by atomic mass is 35.5. The van der Waals surface area contributed by atoms with Crippen LogP contribution in [0.3, 0.4) is 0 Å². The van der Waals surface area contributed by atoms with Crippen molar-refractivity contribution in [2.45, 2.75) is 12.5 Å². The van der Waals surface area contributed by atoms with E-state index in [-0.39, 0.29) is 6.10 Å². The van der Waals surface area contributed by atoms with E-state index < -0.39 is 0 Å². The molecule has 1 aromatic rings. The summed E-state index contributed by atoms with van der Waals surface area (Å²) in [6, 6.07) is 1.91. The molecule has 2 N–H and O–H groups in total. The molecule has 0 saturated carbocycles. The van der Waals surface area contributed by atoms with Gasteiger partial charge >= 0.3 is 0 Å². The quantitative estimate of drug-likeness (QED) is 0.826. The van der Waals surface area contributed by atoms with Gasteiger partial charge in [-0.3, -0.25) is 0 Å². The van der Waals surface area contributed by atoms with E-state index >= 15 is 0 Å². The molecule has 72 valence electrons. The van der Waals surface area contributed by atoms with Crippen molar-refractivity contribution in [3.63, 3.8) is 0 Å². The molecule has 0 radical (unpaired) electrons. The molecule has 2 heterocycles. The van der Waals surface area contributed by atoms with Crippen molar-refractivity contribution in [3.8, 4) is 0 Å². The first-order valence-electron chi connectivity index (χ1n) is 4.37. The molecule has 4 heteroatoms. The first-order chi connectivity index (χ1) is 6.33. The van der Waals surface area contributed by atoms with Crippen LogP contribution >= 0.6 is 22.9 Å². The fourth-order valence-corrected chi connectivity index (χ4v) is 2.98. The Morgan fingerprint density at radius 1 is 1.69 bits per heavy atom. The molecule has 2 rings (SSSR count). The third kappa shape index (κ3) is 1.74. The molecule has 1 aliphatic heterocycles. The lowest BCUT2D eigenvalue weighted by Crippen LogP contribution is -2.17. The molecular weight excluding hydrogens is 206 g/mol. The Kier molecular flexibility index (Phi) is 2.89. The van der Waals surface area contributed by atoms with Gasteiger partial charge in [0.1, 0.15) is 0 Å². The van der Waals surface area contributed by atoms with Crippen LogP contribution < -0.4 is 5.73 Å². The van der Waals surface area contributed by atoms with Gasteiger partial charge in [-0.15, -0.1) is 11.3 Å². The Morgan fingerprint density at radius 3 is 3.15 bits per heavy atom. The average Bonchev–Trinajstić information content (AvgIpc) is 2.71. The van der Waals surface area contributed by atoms with Crippen molar-refractivity contribution in [2.75, 3.05) is 13.2 Å². The van der Waals surface area contributed by atoms with Crippen molar-refractivity contribution in [1.29, 1.82) is 0 Å². The number of thiophene rings is 1. The largest absolute Gasteiger partial charge is 0.372 e. The van der Waals surface area contributed by atoms with Crippen molar-refractivity contribution in [1.82, 2.24) is 0 Å². The molecule has 1 fully saturated rings. The van der Waals surface area contributed by atoms with Gasteiger partial charge in [0.2, 0.25) is 0 Å². The number of hydrogen-bond donors (Lipinski definition) is 1. The minimum absolute atomic E-state index is 0.137. The first-order valence-corrected chi connectivity index (χ1v) is 5.63. The van der Waals surface area contributed by atoms with E-state index in [0.29, 0.717) is 12.5 Å². The summed E-state index contributed by atoms with van der Waals surface area (Å²) in [4.78, 5) is 1.13. The van der Waals surface area contributed by atoms with Crippen LogP contribution in [-0.4, -0.2) is 13.2 Å². The van der Waals surface area contributed by atoms with E-state index in [9.17, 15) is 0 Å². The van der Waals surface area contributed by atoms with Gasteiger partial charge in [0.05, 0.1) is 16.0 Å². The summed E-state index contributed by atoms with van der Waals surface area (Å²) >= 11 is 7.69. The Hall–Kier alpha value is -0.0900. The number of hydrogen-bond acceptors (Lipinski definition) is 3. The monoisotopic (exact) mass is 217 g/mol. The SMILES string of the molecule is NCC1CCOC1c1sccc1Cl. The smallest absolute Gasteiger partial charge is 0.0972 e. The number of rotatable bonds is 2. The maximum absolute atomic E-state index is 6.03. The normalized spacial score (nSPS) is 28.2. The summed E-state index contributed by atoms with van der Waals surface area (Å²) in [6.45, 7) is 1.49. The van der Waals surface area contributed by atoms with E-state index in [1.807, 2.05) is 11.4 Å². The molecule has 0 bridgehead atoms. The first kappa shape index (κ1) is 9.46. The van der Waals surface area contributed by atoms with Crippen molar-refractivity contribution >= 4 is 22.9 Å². The van der Waals surface area contributed by atoms with Gasteiger partial charge in [0.25, 0.3) is 0 Å². The zero-order chi connectivity index (χ0) is 9.26.